The van der Waals surface area contributed by atoms with E-state index in [4.69, 9.17) is 14.2 Å². The van der Waals surface area contributed by atoms with Crippen LogP contribution in [0.3, 0.4) is 0 Å². The molecule has 0 aromatic carbocycles. The molecule has 0 spiro atoms. The van der Waals surface area contributed by atoms with E-state index in [0.717, 1.165) is 135 Å². The molecule has 0 heterocycles. The highest BCUT2D eigenvalue weighted by atomic mass is 16.6. The minimum absolute atomic E-state index is 0.0908. The number of unbranched alkanes of at least 4 members (excludes halogenated alkanes) is 29. The number of ether oxygens (including phenoxy) is 3. The van der Waals surface area contributed by atoms with Crippen LogP contribution in [0.25, 0.3) is 0 Å². The molecule has 0 N–H and O–H groups in total. The predicted octanol–water partition coefficient (Wildman–Crippen LogP) is 23.2. The zero-order valence-electron chi connectivity index (χ0n) is 52.3. The van der Waals surface area contributed by atoms with Crippen molar-refractivity contribution in [3.63, 3.8) is 0 Å². The van der Waals surface area contributed by atoms with Crippen LogP contribution in [0.4, 0.5) is 0 Å². The van der Waals surface area contributed by atoms with Crippen molar-refractivity contribution < 1.29 is 28.6 Å². The van der Waals surface area contributed by atoms with Gasteiger partial charge in [-0.25, -0.2) is 0 Å². The molecular formula is C74H124O6. The highest BCUT2D eigenvalue weighted by molar-refractivity contribution is 5.71. The summed E-state index contributed by atoms with van der Waals surface area (Å²) in [7, 11) is 0. The average molecular weight is 1110 g/mol. The predicted molar refractivity (Wildman–Crippen MR) is 348 cm³/mol. The summed E-state index contributed by atoms with van der Waals surface area (Å²) in [4.78, 5) is 38.4. The minimum Gasteiger partial charge on any atom is -0.462 e. The maximum absolute atomic E-state index is 12.9. The Labute approximate surface area is 494 Å². The van der Waals surface area contributed by atoms with Gasteiger partial charge in [0.25, 0.3) is 0 Å². The van der Waals surface area contributed by atoms with E-state index in [1.54, 1.807) is 0 Å². The number of allylic oxidation sites excluding steroid dienone is 20. The van der Waals surface area contributed by atoms with E-state index in [2.05, 4.69) is 142 Å². The SMILES string of the molecule is CC/C=C\C/C=C\C/C=C\C/C=C\C/C=C\CCCCCCCC(=O)OC(COC(=O)CCCCCCCCC/C=C\CCCCCCCCC)COC(=O)CCCCCCCCCCCC/C=C\C/C=C\C/C=C\C/C=C\CC. The maximum atomic E-state index is 12.9. The van der Waals surface area contributed by atoms with Crippen LogP contribution in [-0.2, 0) is 28.6 Å². The monoisotopic (exact) mass is 1110 g/mol. The number of hydrogen-bond acceptors (Lipinski definition) is 6. The lowest BCUT2D eigenvalue weighted by atomic mass is 10.1. The Kier molecular flexibility index (Phi) is 63.8. The van der Waals surface area contributed by atoms with Crippen LogP contribution in [0.5, 0.6) is 0 Å². The van der Waals surface area contributed by atoms with E-state index in [0.29, 0.717) is 19.3 Å². The first kappa shape index (κ1) is 75.8. The molecular weight excluding hydrogens is 985 g/mol. The molecule has 0 rings (SSSR count). The van der Waals surface area contributed by atoms with Crippen molar-refractivity contribution in [3.8, 4) is 0 Å². The molecule has 0 aliphatic heterocycles. The van der Waals surface area contributed by atoms with E-state index in [1.807, 2.05) is 0 Å². The second-order valence-electron chi connectivity index (χ2n) is 22.0. The quantitative estimate of drug-likeness (QED) is 0.0261. The molecule has 0 aromatic rings. The van der Waals surface area contributed by atoms with Gasteiger partial charge in [-0.15, -0.1) is 0 Å². The second-order valence-corrected chi connectivity index (χ2v) is 22.0. The molecule has 0 radical (unpaired) electrons. The topological polar surface area (TPSA) is 78.9 Å². The molecule has 0 saturated heterocycles. The van der Waals surface area contributed by atoms with E-state index in [1.165, 1.54) is 135 Å². The van der Waals surface area contributed by atoms with Crippen LogP contribution < -0.4 is 0 Å². The number of carbonyl (C=O) groups is 3. The fraction of sp³-hybridized carbons (Fsp3) is 0.689. The lowest BCUT2D eigenvalue weighted by Crippen LogP contribution is -2.30. The van der Waals surface area contributed by atoms with Crippen molar-refractivity contribution in [1.82, 2.24) is 0 Å². The number of carbonyl (C=O) groups excluding carboxylic acids is 3. The van der Waals surface area contributed by atoms with Gasteiger partial charge in [0.2, 0.25) is 0 Å². The molecule has 6 heteroatoms. The van der Waals surface area contributed by atoms with Crippen LogP contribution in [0.15, 0.2) is 122 Å². The summed E-state index contributed by atoms with van der Waals surface area (Å²) >= 11 is 0. The maximum Gasteiger partial charge on any atom is 0.306 e. The Bertz CT molecular complexity index is 1650. The first-order chi connectivity index (χ1) is 39.5. The Hall–Kier alpha value is -4.19. The smallest absolute Gasteiger partial charge is 0.306 e. The fourth-order valence-corrected chi connectivity index (χ4v) is 9.22. The van der Waals surface area contributed by atoms with Gasteiger partial charge in [0.1, 0.15) is 13.2 Å². The van der Waals surface area contributed by atoms with Gasteiger partial charge < -0.3 is 14.2 Å². The van der Waals surface area contributed by atoms with Crippen LogP contribution in [-0.4, -0.2) is 37.2 Å². The molecule has 456 valence electrons. The van der Waals surface area contributed by atoms with Crippen LogP contribution in [0.1, 0.15) is 310 Å². The van der Waals surface area contributed by atoms with Gasteiger partial charge >= 0.3 is 17.9 Å². The minimum atomic E-state index is -0.797. The number of rotatable bonds is 60. The molecule has 80 heavy (non-hydrogen) atoms. The normalized spacial score (nSPS) is 12.9. The van der Waals surface area contributed by atoms with Crippen LogP contribution >= 0.6 is 0 Å². The highest BCUT2D eigenvalue weighted by Crippen LogP contribution is 2.16. The van der Waals surface area contributed by atoms with Crippen molar-refractivity contribution in [1.29, 1.82) is 0 Å². The van der Waals surface area contributed by atoms with Crippen molar-refractivity contribution in [2.45, 2.75) is 316 Å². The summed E-state index contributed by atoms with van der Waals surface area (Å²) in [5.74, 6) is -0.910. The van der Waals surface area contributed by atoms with Crippen molar-refractivity contribution in [2.24, 2.45) is 0 Å². The zero-order chi connectivity index (χ0) is 57.8. The largest absolute Gasteiger partial charge is 0.462 e. The van der Waals surface area contributed by atoms with Crippen LogP contribution in [0, 0.1) is 0 Å². The summed E-state index contributed by atoms with van der Waals surface area (Å²) < 4.78 is 17.0. The molecule has 6 nitrogen and oxygen atoms in total. The third-order valence-electron chi connectivity index (χ3n) is 14.2. The van der Waals surface area contributed by atoms with E-state index < -0.39 is 6.10 Å². The highest BCUT2D eigenvalue weighted by Gasteiger charge is 2.19. The van der Waals surface area contributed by atoms with E-state index in [-0.39, 0.29) is 31.1 Å². The fourth-order valence-electron chi connectivity index (χ4n) is 9.22. The van der Waals surface area contributed by atoms with Gasteiger partial charge in [-0.1, -0.05) is 284 Å². The number of esters is 3. The molecule has 0 amide bonds. The van der Waals surface area contributed by atoms with Crippen molar-refractivity contribution in [2.75, 3.05) is 13.2 Å². The Morgan fingerprint density at radius 3 is 0.775 bits per heavy atom. The molecule has 0 saturated carbocycles. The summed E-state index contributed by atoms with van der Waals surface area (Å²) in [5.41, 5.74) is 0. The molecule has 0 aliphatic rings. The lowest BCUT2D eigenvalue weighted by molar-refractivity contribution is -0.167. The molecule has 0 bridgehead atoms. The summed E-state index contributed by atoms with van der Waals surface area (Å²) in [6.07, 6.45) is 93.4. The van der Waals surface area contributed by atoms with Crippen LogP contribution in [0.2, 0.25) is 0 Å². The standard InChI is InChI=1S/C74H124O6/c1-4-7-10-13-16-19-22-25-28-31-34-36-37-39-40-43-46-49-52-55-58-61-64-67-73(76)79-70-71(69-78-72(75)66-63-60-57-54-51-48-45-42-33-30-27-24-21-18-15-12-9-6-3)80-74(77)68-65-62-59-56-53-50-47-44-41-38-35-32-29-26-23-20-17-14-11-8-5-2/h7-8,10-11,16-17,19-20,25-26,28-30,33-36,38,44,47,71H,4-6,9,12-15,18,21-24,27,31-32,37,39-43,45-46,48-70H2,1-3H3/b10-7-,11-8-,19-16-,20-17-,28-25-,29-26-,33-30-,36-34-,38-35-,47-44-. The lowest BCUT2D eigenvalue weighted by Gasteiger charge is -2.18. The second kappa shape index (κ2) is 67.3. The summed E-state index contributed by atoms with van der Waals surface area (Å²) in [5, 5.41) is 0. The van der Waals surface area contributed by atoms with Crippen molar-refractivity contribution in [3.05, 3.63) is 122 Å². The summed E-state index contributed by atoms with van der Waals surface area (Å²) in [6, 6.07) is 0. The van der Waals surface area contributed by atoms with Gasteiger partial charge in [0.05, 0.1) is 0 Å². The first-order valence-electron chi connectivity index (χ1n) is 33.5. The molecule has 0 aliphatic carbocycles. The molecule has 1 unspecified atom stereocenters. The molecule has 0 fully saturated rings. The average Bonchev–Trinajstić information content (AvgIpc) is 3.46. The molecule has 0 aromatic heterocycles. The zero-order valence-corrected chi connectivity index (χ0v) is 52.3. The summed E-state index contributed by atoms with van der Waals surface area (Å²) in [6.45, 7) is 6.42. The van der Waals surface area contributed by atoms with Crippen molar-refractivity contribution >= 4 is 17.9 Å². The first-order valence-corrected chi connectivity index (χ1v) is 33.5. The van der Waals surface area contributed by atoms with Gasteiger partial charge in [-0.05, 0) is 128 Å². The Morgan fingerprint density at radius 2 is 0.487 bits per heavy atom. The van der Waals surface area contributed by atoms with Gasteiger partial charge in [-0.3, -0.25) is 14.4 Å². The van der Waals surface area contributed by atoms with E-state index >= 15 is 0 Å². The van der Waals surface area contributed by atoms with Gasteiger partial charge in [-0.2, -0.15) is 0 Å². The Morgan fingerprint density at radius 1 is 0.263 bits per heavy atom. The Balaban J connectivity index is 4.44. The third kappa shape index (κ3) is 64.6. The van der Waals surface area contributed by atoms with E-state index in [9.17, 15) is 14.4 Å². The van der Waals surface area contributed by atoms with Gasteiger partial charge in [0, 0.05) is 19.3 Å². The van der Waals surface area contributed by atoms with Gasteiger partial charge in [0.15, 0.2) is 6.10 Å². The number of hydrogen-bond donors (Lipinski definition) is 0. The molecule has 1 atom stereocenters. The third-order valence-corrected chi connectivity index (χ3v) is 14.2.